The minimum Gasteiger partial charge on any atom is -0.423 e. The number of hydrogen-bond acceptors (Lipinski definition) is 7. The minimum absolute atomic E-state index is 0.422. The molecule has 0 saturated heterocycles. The largest absolute Gasteiger partial charge is 0.488 e. The fourth-order valence-corrected chi connectivity index (χ4v) is 3.82. The van der Waals surface area contributed by atoms with Gasteiger partial charge in [0.2, 0.25) is 0 Å². The molecular formula is C23H25BN6O3. The highest BCUT2D eigenvalue weighted by Crippen LogP contribution is 2.30. The number of benzene rings is 1. The molecular weight excluding hydrogens is 419 g/mol. The van der Waals surface area contributed by atoms with E-state index in [0.29, 0.717) is 34.7 Å². The van der Waals surface area contributed by atoms with E-state index < -0.39 is 13.0 Å². The highest BCUT2D eigenvalue weighted by atomic mass is 16.4. The highest BCUT2D eigenvalue weighted by molar-refractivity contribution is 6.58. The molecule has 0 aliphatic heterocycles. The Kier molecular flexibility index (Phi) is 6.04. The summed E-state index contributed by atoms with van der Waals surface area (Å²) in [6.07, 6.45) is 3.60. The molecule has 10 heteroatoms. The summed E-state index contributed by atoms with van der Waals surface area (Å²) in [6, 6.07) is 12.4. The molecule has 0 bridgehead atoms. The van der Waals surface area contributed by atoms with E-state index in [4.69, 9.17) is 10.7 Å². The number of nitrogens with zero attached hydrogens (tertiary/aromatic N) is 4. The average Bonchev–Trinajstić information content (AvgIpc) is 3.13. The summed E-state index contributed by atoms with van der Waals surface area (Å²) in [5, 5.41) is 22.2. The minimum atomic E-state index is -1.52. The molecule has 5 N–H and O–H groups in total. The number of rotatable bonds is 7. The van der Waals surface area contributed by atoms with Crippen LogP contribution in [0.5, 0.6) is 0 Å². The summed E-state index contributed by atoms with van der Waals surface area (Å²) in [6.45, 7) is 2.37. The molecule has 1 aromatic carbocycles. The van der Waals surface area contributed by atoms with E-state index in [1.807, 2.05) is 48.6 Å². The van der Waals surface area contributed by atoms with Crippen molar-refractivity contribution in [2.24, 2.45) is 5.73 Å². The zero-order valence-corrected chi connectivity index (χ0v) is 18.6. The van der Waals surface area contributed by atoms with Crippen LogP contribution in [0.1, 0.15) is 21.5 Å². The molecule has 168 valence electrons. The summed E-state index contributed by atoms with van der Waals surface area (Å²) in [5.74, 6) is 0.633. The van der Waals surface area contributed by atoms with Crippen molar-refractivity contribution < 1.29 is 14.8 Å². The standard InChI is InChI=1S/C23H25BN6O3/c1-14-10-18-17(21(25)31)8-5-9-30(18)20(14)23-27-13-19(29(2)3)22(28-23)26-12-15-6-4-7-16(11-15)24(32)33/h4-11,13,32-33H,12H2,1-3H3,(H2,25,31)(H,26,27,28). The Balaban J connectivity index is 1.74. The lowest BCUT2D eigenvalue weighted by atomic mass is 9.80. The average molecular weight is 444 g/mol. The van der Waals surface area contributed by atoms with Gasteiger partial charge >= 0.3 is 7.12 Å². The van der Waals surface area contributed by atoms with Gasteiger partial charge in [-0.25, -0.2) is 9.97 Å². The van der Waals surface area contributed by atoms with Crippen molar-refractivity contribution in [2.75, 3.05) is 24.3 Å². The van der Waals surface area contributed by atoms with Crippen LogP contribution < -0.4 is 21.4 Å². The van der Waals surface area contributed by atoms with E-state index in [0.717, 1.165) is 22.5 Å². The van der Waals surface area contributed by atoms with Gasteiger partial charge < -0.3 is 30.4 Å². The molecule has 3 aromatic heterocycles. The van der Waals surface area contributed by atoms with Gasteiger partial charge in [-0.2, -0.15) is 0 Å². The summed E-state index contributed by atoms with van der Waals surface area (Å²) < 4.78 is 1.87. The lowest BCUT2D eigenvalue weighted by Gasteiger charge is -2.18. The molecule has 0 unspecified atom stereocenters. The quantitative estimate of drug-likeness (QED) is 0.315. The van der Waals surface area contributed by atoms with Gasteiger partial charge in [0.25, 0.3) is 5.91 Å². The SMILES string of the molecule is Cc1cc2c(C(N)=O)cccn2c1-c1ncc(N(C)C)c(NCc2cccc(B(O)O)c2)n1. The Morgan fingerprint density at radius 3 is 2.70 bits per heavy atom. The Bertz CT molecular complexity index is 1340. The smallest absolute Gasteiger partial charge is 0.423 e. The van der Waals surface area contributed by atoms with E-state index >= 15 is 0 Å². The Morgan fingerprint density at radius 2 is 2.00 bits per heavy atom. The monoisotopic (exact) mass is 444 g/mol. The lowest BCUT2D eigenvalue weighted by molar-refractivity contribution is 0.100. The van der Waals surface area contributed by atoms with Crippen molar-refractivity contribution in [3.8, 4) is 11.5 Å². The number of pyridine rings is 1. The zero-order chi connectivity index (χ0) is 23.7. The highest BCUT2D eigenvalue weighted by Gasteiger charge is 2.18. The van der Waals surface area contributed by atoms with E-state index in [9.17, 15) is 14.8 Å². The van der Waals surface area contributed by atoms with Crippen LogP contribution in [0.15, 0.2) is 54.9 Å². The van der Waals surface area contributed by atoms with Crippen LogP contribution in [0.3, 0.4) is 0 Å². The van der Waals surface area contributed by atoms with Crippen LogP contribution >= 0.6 is 0 Å². The predicted molar refractivity (Wildman–Crippen MR) is 130 cm³/mol. The van der Waals surface area contributed by atoms with Gasteiger partial charge in [-0.05, 0) is 41.7 Å². The first-order chi connectivity index (χ1) is 15.8. The summed E-state index contributed by atoms with van der Waals surface area (Å²) in [5.41, 5.74) is 10.5. The molecule has 3 heterocycles. The normalized spacial score (nSPS) is 10.9. The molecule has 0 spiro atoms. The first-order valence-corrected chi connectivity index (χ1v) is 10.4. The molecule has 0 radical (unpaired) electrons. The molecule has 9 nitrogen and oxygen atoms in total. The number of hydrogen-bond donors (Lipinski definition) is 4. The number of nitrogens with two attached hydrogens (primary N) is 1. The third kappa shape index (κ3) is 4.39. The molecule has 0 aliphatic rings. The first kappa shape index (κ1) is 22.3. The van der Waals surface area contributed by atoms with Crippen molar-refractivity contribution in [3.05, 3.63) is 71.5 Å². The van der Waals surface area contributed by atoms with Crippen molar-refractivity contribution >= 4 is 35.5 Å². The van der Waals surface area contributed by atoms with Crippen LogP contribution in [-0.2, 0) is 6.54 Å². The maximum Gasteiger partial charge on any atom is 0.488 e. The molecule has 0 atom stereocenters. The second kappa shape index (κ2) is 8.93. The Labute approximate surface area is 191 Å². The molecule has 0 saturated carbocycles. The maximum absolute atomic E-state index is 11.9. The van der Waals surface area contributed by atoms with Crippen LogP contribution in [-0.4, -0.2) is 51.5 Å². The number of primary amides is 1. The molecule has 4 aromatic rings. The molecule has 33 heavy (non-hydrogen) atoms. The molecule has 1 amide bonds. The van der Waals surface area contributed by atoms with Crippen LogP contribution in [0, 0.1) is 6.92 Å². The van der Waals surface area contributed by atoms with E-state index in [-0.39, 0.29) is 0 Å². The van der Waals surface area contributed by atoms with Gasteiger partial charge in [0.05, 0.1) is 28.7 Å². The maximum atomic E-state index is 11.9. The second-order valence-electron chi connectivity index (χ2n) is 8.01. The van der Waals surface area contributed by atoms with Crippen molar-refractivity contribution in [1.82, 2.24) is 14.4 Å². The van der Waals surface area contributed by atoms with Crippen molar-refractivity contribution in [1.29, 1.82) is 0 Å². The number of fused-ring (bicyclic) bond motifs is 1. The van der Waals surface area contributed by atoms with Crippen molar-refractivity contribution in [2.45, 2.75) is 13.5 Å². The van der Waals surface area contributed by atoms with Crippen LogP contribution in [0.2, 0.25) is 0 Å². The fraction of sp³-hybridized carbons (Fsp3) is 0.174. The number of anilines is 2. The summed E-state index contributed by atoms with van der Waals surface area (Å²) >= 11 is 0. The first-order valence-electron chi connectivity index (χ1n) is 10.4. The van der Waals surface area contributed by atoms with E-state index in [2.05, 4.69) is 10.3 Å². The number of carbonyl (C=O) groups is 1. The summed E-state index contributed by atoms with van der Waals surface area (Å²) in [7, 11) is 2.29. The lowest BCUT2D eigenvalue weighted by Crippen LogP contribution is -2.30. The van der Waals surface area contributed by atoms with Gasteiger partial charge in [0.1, 0.15) is 0 Å². The van der Waals surface area contributed by atoms with E-state index in [1.165, 1.54) is 0 Å². The third-order valence-corrected chi connectivity index (χ3v) is 5.44. The number of carbonyl (C=O) groups excluding carboxylic acids is 1. The topological polar surface area (TPSA) is 129 Å². The number of nitrogens with one attached hydrogen (secondary N) is 1. The Hall–Kier alpha value is -3.89. The number of amides is 1. The predicted octanol–water partition coefficient (Wildman–Crippen LogP) is 1.16. The number of aromatic nitrogens is 3. The molecule has 0 aliphatic carbocycles. The summed E-state index contributed by atoms with van der Waals surface area (Å²) in [4.78, 5) is 23.2. The second-order valence-corrected chi connectivity index (χ2v) is 8.01. The van der Waals surface area contributed by atoms with Gasteiger partial charge in [-0.15, -0.1) is 0 Å². The molecule has 0 fully saturated rings. The van der Waals surface area contributed by atoms with Crippen LogP contribution in [0.4, 0.5) is 11.5 Å². The van der Waals surface area contributed by atoms with Gasteiger partial charge in [0, 0.05) is 26.8 Å². The fourth-order valence-electron chi connectivity index (χ4n) is 3.82. The Morgan fingerprint density at radius 1 is 1.21 bits per heavy atom. The number of aryl methyl sites for hydroxylation is 1. The van der Waals surface area contributed by atoms with Gasteiger partial charge in [-0.1, -0.05) is 24.3 Å². The zero-order valence-electron chi connectivity index (χ0n) is 18.6. The van der Waals surface area contributed by atoms with Gasteiger partial charge in [-0.3, -0.25) is 4.79 Å². The van der Waals surface area contributed by atoms with Gasteiger partial charge in [0.15, 0.2) is 11.6 Å². The molecule has 4 rings (SSSR count). The van der Waals surface area contributed by atoms with Crippen LogP contribution in [0.25, 0.3) is 17.0 Å². The third-order valence-electron chi connectivity index (χ3n) is 5.44. The van der Waals surface area contributed by atoms with Crippen molar-refractivity contribution in [3.63, 3.8) is 0 Å². The van der Waals surface area contributed by atoms with E-state index in [1.54, 1.807) is 36.5 Å².